The van der Waals surface area contributed by atoms with Crippen molar-refractivity contribution in [3.63, 3.8) is 0 Å². The molecule has 1 amide bonds. The zero-order chi connectivity index (χ0) is 11.5. The molecule has 6 nitrogen and oxygen atoms in total. The van der Waals surface area contributed by atoms with E-state index in [0.717, 1.165) is 10.0 Å². The van der Waals surface area contributed by atoms with Crippen LogP contribution in [0.25, 0.3) is 0 Å². The van der Waals surface area contributed by atoms with Crippen LogP contribution in [-0.2, 0) is 6.54 Å². The van der Waals surface area contributed by atoms with Gasteiger partial charge >= 0.3 is 0 Å². The largest absolute Gasteiger partial charge is 0.384 e. The smallest absolute Gasteiger partial charge is 0.268 e. The zero-order valence-electron chi connectivity index (χ0n) is 8.25. The first-order chi connectivity index (χ1) is 7.66. The van der Waals surface area contributed by atoms with Gasteiger partial charge in [0.15, 0.2) is 0 Å². The summed E-state index contributed by atoms with van der Waals surface area (Å²) < 4.78 is 0.834. The first kappa shape index (κ1) is 10.7. The Balaban J connectivity index is 1.96. The highest BCUT2D eigenvalue weighted by atomic mass is 79.9. The van der Waals surface area contributed by atoms with E-state index in [1.54, 1.807) is 18.5 Å². The lowest BCUT2D eigenvalue weighted by molar-refractivity contribution is 0.0946. The van der Waals surface area contributed by atoms with E-state index in [1.807, 2.05) is 0 Å². The molecule has 0 radical (unpaired) electrons. The van der Waals surface area contributed by atoms with Crippen molar-refractivity contribution >= 4 is 27.7 Å². The highest BCUT2D eigenvalue weighted by Gasteiger charge is 2.08. The number of nitrogens with zero attached hydrogens (tertiary/aromatic N) is 1. The average molecular weight is 284 g/mol. The second-order valence-corrected chi connectivity index (χ2v) is 4.14. The molecule has 0 spiro atoms. The molecule has 0 saturated carbocycles. The Morgan fingerprint density at radius 1 is 1.62 bits per heavy atom. The molecule has 2 aromatic rings. The third kappa shape index (κ3) is 2.25. The van der Waals surface area contributed by atoms with Crippen molar-refractivity contribution in [2.24, 2.45) is 0 Å². The van der Waals surface area contributed by atoms with Crippen LogP contribution in [-0.4, -0.2) is 21.1 Å². The van der Waals surface area contributed by atoms with E-state index in [-0.39, 0.29) is 5.91 Å². The van der Waals surface area contributed by atoms with Gasteiger partial charge in [-0.3, -0.25) is 9.89 Å². The molecule has 0 bridgehead atoms. The van der Waals surface area contributed by atoms with Crippen LogP contribution in [0, 0.1) is 0 Å². The number of nitrogen functional groups attached to an aromatic ring is 1. The molecule has 0 aromatic carbocycles. The Labute approximate surface area is 99.7 Å². The summed E-state index contributed by atoms with van der Waals surface area (Å²) in [5, 5.41) is 9.08. The lowest BCUT2D eigenvalue weighted by Gasteiger charge is -2.01. The molecule has 2 heterocycles. The molecule has 0 aliphatic rings. The van der Waals surface area contributed by atoms with Gasteiger partial charge in [0, 0.05) is 22.8 Å². The van der Waals surface area contributed by atoms with E-state index >= 15 is 0 Å². The fourth-order valence-corrected chi connectivity index (χ4v) is 1.58. The van der Waals surface area contributed by atoms with Gasteiger partial charge in [-0.15, -0.1) is 0 Å². The van der Waals surface area contributed by atoms with Gasteiger partial charge in [0.05, 0.1) is 6.20 Å². The first-order valence-corrected chi connectivity index (χ1v) is 5.36. The van der Waals surface area contributed by atoms with Crippen LogP contribution in [0.1, 0.15) is 16.1 Å². The topological polar surface area (TPSA) is 99.6 Å². The molecule has 0 atom stereocenters. The number of nitrogens with one attached hydrogen (secondary N) is 3. The van der Waals surface area contributed by atoms with Crippen LogP contribution in [0.3, 0.4) is 0 Å². The highest BCUT2D eigenvalue weighted by molar-refractivity contribution is 9.10. The summed E-state index contributed by atoms with van der Waals surface area (Å²) in [6.07, 6.45) is 3.28. The van der Waals surface area contributed by atoms with E-state index in [0.29, 0.717) is 18.1 Å². The van der Waals surface area contributed by atoms with Gasteiger partial charge in [-0.1, -0.05) is 0 Å². The van der Waals surface area contributed by atoms with Crippen LogP contribution in [0.4, 0.5) is 5.82 Å². The molecule has 5 N–H and O–H groups in total. The lowest BCUT2D eigenvalue weighted by Crippen LogP contribution is -2.23. The predicted octanol–water partition coefficient (Wildman–Crippen LogP) is 1.01. The number of anilines is 1. The van der Waals surface area contributed by atoms with Crippen molar-refractivity contribution in [2.45, 2.75) is 6.54 Å². The predicted molar refractivity (Wildman–Crippen MR) is 62.7 cm³/mol. The molecule has 7 heteroatoms. The number of amides is 1. The molecule has 16 heavy (non-hydrogen) atoms. The van der Waals surface area contributed by atoms with Crippen molar-refractivity contribution in [2.75, 3.05) is 5.73 Å². The number of aromatic amines is 2. The molecule has 0 aliphatic carbocycles. The highest BCUT2D eigenvalue weighted by Crippen LogP contribution is 2.11. The fraction of sp³-hybridized carbons (Fsp3) is 0.111. The second kappa shape index (κ2) is 4.40. The van der Waals surface area contributed by atoms with Crippen LogP contribution in [0.15, 0.2) is 22.9 Å². The van der Waals surface area contributed by atoms with E-state index in [9.17, 15) is 4.79 Å². The monoisotopic (exact) mass is 283 g/mol. The van der Waals surface area contributed by atoms with Gasteiger partial charge in [-0.25, -0.2) is 0 Å². The van der Waals surface area contributed by atoms with Crippen LogP contribution >= 0.6 is 15.9 Å². The Bertz CT molecular complexity index is 503. The molecule has 2 aromatic heterocycles. The van der Waals surface area contributed by atoms with Crippen LogP contribution < -0.4 is 11.1 Å². The average Bonchev–Trinajstić information content (AvgIpc) is 2.84. The SMILES string of the molecule is Nc1[nH]ncc1CNC(=O)c1cc(Br)c[nH]1. The summed E-state index contributed by atoms with van der Waals surface area (Å²) in [5.74, 6) is 0.277. The number of rotatable bonds is 3. The third-order valence-electron chi connectivity index (χ3n) is 2.08. The number of nitrogens with two attached hydrogens (primary N) is 1. The number of carbonyl (C=O) groups excluding carboxylic acids is 1. The van der Waals surface area contributed by atoms with Crippen LogP contribution in [0.5, 0.6) is 0 Å². The van der Waals surface area contributed by atoms with Gasteiger partial charge in [0.2, 0.25) is 0 Å². The first-order valence-electron chi connectivity index (χ1n) is 4.56. The van der Waals surface area contributed by atoms with Gasteiger partial charge < -0.3 is 16.0 Å². The second-order valence-electron chi connectivity index (χ2n) is 3.22. The number of H-pyrrole nitrogens is 2. The minimum Gasteiger partial charge on any atom is -0.384 e. The summed E-state index contributed by atoms with van der Waals surface area (Å²) in [6, 6.07) is 1.70. The van der Waals surface area contributed by atoms with Gasteiger partial charge in [-0.05, 0) is 22.0 Å². The van der Waals surface area contributed by atoms with Crippen molar-refractivity contribution in [3.8, 4) is 0 Å². The van der Waals surface area contributed by atoms with Gasteiger partial charge in [0.1, 0.15) is 11.5 Å². The van der Waals surface area contributed by atoms with E-state index in [1.165, 1.54) is 0 Å². The number of aromatic nitrogens is 3. The molecule has 0 unspecified atom stereocenters. The number of carbonyl (C=O) groups is 1. The summed E-state index contributed by atoms with van der Waals surface area (Å²) in [4.78, 5) is 14.5. The maximum absolute atomic E-state index is 11.6. The Hall–Kier alpha value is -1.76. The third-order valence-corrected chi connectivity index (χ3v) is 2.54. The van der Waals surface area contributed by atoms with E-state index < -0.39 is 0 Å². The van der Waals surface area contributed by atoms with E-state index in [2.05, 4.69) is 36.4 Å². The van der Waals surface area contributed by atoms with Crippen molar-refractivity contribution < 1.29 is 4.79 Å². The standard InChI is InChI=1S/C9H10BrN5O/c10-6-1-7(12-4-6)9(16)13-2-5-3-14-15-8(5)11/h1,3-4,12H,2H2,(H,13,16)(H3,11,14,15). The maximum atomic E-state index is 11.6. The maximum Gasteiger partial charge on any atom is 0.268 e. The summed E-state index contributed by atoms with van der Waals surface area (Å²) in [6.45, 7) is 0.345. The summed E-state index contributed by atoms with van der Waals surface area (Å²) >= 11 is 3.26. The minimum absolute atomic E-state index is 0.189. The number of hydrogen-bond acceptors (Lipinski definition) is 3. The quantitative estimate of drug-likeness (QED) is 0.676. The van der Waals surface area contributed by atoms with E-state index in [4.69, 9.17) is 5.73 Å². The molecule has 0 fully saturated rings. The fourth-order valence-electron chi connectivity index (χ4n) is 1.23. The van der Waals surface area contributed by atoms with Gasteiger partial charge in [0.25, 0.3) is 5.91 Å². The minimum atomic E-state index is -0.189. The summed E-state index contributed by atoms with van der Waals surface area (Å²) in [5.41, 5.74) is 6.84. The number of halogens is 1. The normalized spacial score (nSPS) is 10.3. The van der Waals surface area contributed by atoms with Gasteiger partial charge in [-0.2, -0.15) is 5.10 Å². The Morgan fingerprint density at radius 3 is 3.00 bits per heavy atom. The Kier molecular flexibility index (Phi) is 2.95. The molecular weight excluding hydrogens is 274 g/mol. The molecule has 2 rings (SSSR count). The van der Waals surface area contributed by atoms with Crippen molar-refractivity contribution in [1.82, 2.24) is 20.5 Å². The Morgan fingerprint density at radius 2 is 2.44 bits per heavy atom. The number of hydrogen-bond donors (Lipinski definition) is 4. The molecule has 0 saturated heterocycles. The molecule has 84 valence electrons. The van der Waals surface area contributed by atoms with Crippen LogP contribution in [0.2, 0.25) is 0 Å². The molecular formula is C9H10BrN5O. The lowest BCUT2D eigenvalue weighted by atomic mass is 10.3. The van der Waals surface area contributed by atoms with Crippen molar-refractivity contribution in [1.29, 1.82) is 0 Å². The molecule has 0 aliphatic heterocycles. The van der Waals surface area contributed by atoms with Crippen molar-refractivity contribution in [3.05, 3.63) is 34.2 Å². The summed E-state index contributed by atoms with van der Waals surface area (Å²) in [7, 11) is 0. The zero-order valence-corrected chi connectivity index (χ0v) is 9.84.